The highest BCUT2D eigenvalue weighted by Gasteiger charge is 2.17. The van der Waals surface area contributed by atoms with Crippen LogP contribution in [0.4, 0.5) is 0 Å². The van der Waals surface area contributed by atoms with Gasteiger partial charge in [0.25, 0.3) is 0 Å². The SMILES string of the molecule is CC(N[C@@H](CO)c1ccccc1)c1nc2ccccc2s1. The van der Waals surface area contributed by atoms with E-state index in [1.807, 2.05) is 48.5 Å². The third-order valence-electron chi connectivity index (χ3n) is 3.52. The Kier molecular flexibility index (Phi) is 4.29. The van der Waals surface area contributed by atoms with E-state index in [2.05, 4.69) is 23.3 Å². The molecule has 0 fully saturated rings. The molecule has 2 atom stereocenters. The lowest BCUT2D eigenvalue weighted by molar-refractivity contribution is 0.235. The minimum atomic E-state index is -0.0757. The zero-order chi connectivity index (χ0) is 14.7. The van der Waals surface area contributed by atoms with E-state index in [1.165, 1.54) is 4.70 Å². The fourth-order valence-corrected chi connectivity index (χ4v) is 3.37. The average molecular weight is 298 g/mol. The van der Waals surface area contributed by atoms with Crippen LogP contribution in [0.2, 0.25) is 0 Å². The first-order valence-corrected chi connectivity index (χ1v) is 7.87. The van der Waals surface area contributed by atoms with E-state index >= 15 is 0 Å². The Hall–Kier alpha value is -1.75. The van der Waals surface area contributed by atoms with E-state index in [0.29, 0.717) is 0 Å². The van der Waals surface area contributed by atoms with Gasteiger partial charge in [0.05, 0.1) is 28.9 Å². The van der Waals surface area contributed by atoms with Crippen LogP contribution in [0.3, 0.4) is 0 Å². The standard InChI is InChI=1S/C17H18N2OS/c1-12(17-19-14-9-5-6-10-16(14)21-17)18-15(11-20)13-7-3-2-4-8-13/h2-10,12,15,18,20H,11H2,1H3/t12?,15-/m0/s1. The molecule has 3 nitrogen and oxygen atoms in total. The number of thiazole rings is 1. The molecule has 0 amide bonds. The predicted molar refractivity (Wildman–Crippen MR) is 87.4 cm³/mol. The summed E-state index contributed by atoms with van der Waals surface area (Å²) >= 11 is 1.70. The van der Waals surface area contributed by atoms with Gasteiger partial charge >= 0.3 is 0 Å². The molecule has 0 saturated carbocycles. The molecule has 0 radical (unpaired) electrons. The fourth-order valence-electron chi connectivity index (χ4n) is 2.39. The summed E-state index contributed by atoms with van der Waals surface area (Å²) in [5.41, 5.74) is 2.12. The number of nitrogens with zero attached hydrogens (tertiary/aromatic N) is 1. The molecule has 0 aliphatic rings. The lowest BCUT2D eigenvalue weighted by Gasteiger charge is -2.20. The average Bonchev–Trinajstić information content (AvgIpc) is 2.97. The van der Waals surface area contributed by atoms with Crippen molar-refractivity contribution >= 4 is 21.6 Å². The molecular weight excluding hydrogens is 280 g/mol. The molecule has 1 unspecified atom stereocenters. The fraction of sp³-hybridized carbons (Fsp3) is 0.235. The first kappa shape index (κ1) is 14.2. The molecule has 0 bridgehead atoms. The zero-order valence-electron chi connectivity index (χ0n) is 11.9. The Balaban J connectivity index is 1.79. The summed E-state index contributed by atoms with van der Waals surface area (Å²) in [6, 6.07) is 18.2. The molecule has 0 aliphatic carbocycles. The summed E-state index contributed by atoms with van der Waals surface area (Å²) in [5, 5.41) is 14.1. The van der Waals surface area contributed by atoms with Gasteiger partial charge in [0.1, 0.15) is 5.01 Å². The third kappa shape index (κ3) is 3.13. The summed E-state index contributed by atoms with van der Waals surface area (Å²) in [5.74, 6) is 0. The van der Waals surface area contributed by atoms with Gasteiger partial charge in [-0.1, -0.05) is 42.5 Å². The molecule has 21 heavy (non-hydrogen) atoms. The third-order valence-corrected chi connectivity index (χ3v) is 4.74. The molecule has 3 aromatic rings. The Morgan fingerprint density at radius 3 is 2.52 bits per heavy atom. The maximum atomic E-state index is 9.64. The van der Waals surface area contributed by atoms with Gasteiger partial charge in [-0.25, -0.2) is 4.98 Å². The summed E-state index contributed by atoms with van der Waals surface area (Å²) < 4.78 is 1.20. The van der Waals surface area contributed by atoms with Crippen LogP contribution in [0.15, 0.2) is 54.6 Å². The smallest absolute Gasteiger partial charge is 0.111 e. The highest BCUT2D eigenvalue weighted by atomic mass is 32.1. The molecule has 2 aromatic carbocycles. The number of rotatable bonds is 5. The number of aliphatic hydroxyl groups excluding tert-OH is 1. The number of nitrogens with one attached hydrogen (secondary N) is 1. The van der Waals surface area contributed by atoms with Gasteiger partial charge in [0.2, 0.25) is 0 Å². The van der Waals surface area contributed by atoms with Crippen molar-refractivity contribution in [1.82, 2.24) is 10.3 Å². The second-order valence-electron chi connectivity index (χ2n) is 5.05. The monoisotopic (exact) mass is 298 g/mol. The molecule has 0 spiro atoms. The molecule has 0 aliphatic heterocycles. The molecular formula is C17H18N2OS. The molecule has 1 heterocycles. The lowest BCUT2D eigenvalue weighted by Crippen LogP contribution is -2.27. The molecule has 2 N–H and O–H groups in total. The predicted octanol–water partition coefficient (Wildman–Crippen LogP) is 3.68. The van der Waals surface area contributed by atoms with Crippen LogP contribution in [-0.4, -0.2) is 16.7 Å². The second-order valence-corrected chi connectivity index (χ2v) is 6.12. The Morgan fingerprint density at radius 2 is 1.81 bits per heavy atom. The van der Waals surface area contributed by atoms with Crippen molar-refractivity contribution < 1.29 is 5.11 Å². The first-order valence-electron chi connectivity index (χ1n) is 7.05. The quantitative estimate of drug-likeness (QED) is 0.755. The van der Waals surface area contributed by atoms with Crippen LogP contribution in [0.1, 0.15) is 29.6 Å². The van der Waals surface area contributed by atoms with Gasteiger partial charge in [-0.3, -0.25) is 5.32 Å². The van der Waals surface area contributed by atoms with E-state index < -0.39 is 0 Å². The van der Waals surface area contributed by atoms with Crippen LogP contribution in [0.5, 0.6) is 0 Å². The van der Waals surface area contributed by atoms with Crippen molar-refractivity contribution in [3.8, 4) is 0 Å². The Morgan fingerprint density at radius 1 is 1.10 bits per heavy atom. The van der Waals surface area contributed by atoms with Crippen molar-refractivity contribution in [3.63, 3.8) is 0 Å². The van der Waals surface area contributed by atoms with Gasteiger partial charge in [0, 0.05) is 0 Å². The van der Waals surface area contributed by atoms with Crippen LogP contribution in [0, 0.1) is 0 Å². The minimum absolute atomic E-state index is 0.0687. The van der Waals surface area contributed by atoms with Crippen molar-refractivity contribution in [2.24, 2.45) is 0 Å². The molecule has 3 rings (SSSR count). The number of benzene rings is 2. The number of aromatic nitrogens is 1. The van der Waals surface area contributed by atoms with Crippen LogP contribution < -0.4 is 5.32 Å². The number of hydrogen-bond donors (Lipinski definition) is 2. The maximum Gasteiger partial charge on any atom is 0.111 e. The summed E-state index contributed by atoms with van der Waals surface area (Å²) in [6.07, 6.45) is 0. The number of fused-ring (bicyclic) bond motifs is 1. The van der Waals surface area contributed by atoms with Gasteiger partial charge in [0.15, 0.2) is 0 Å². The maximum absolute atomic E-state index is 9.64. The molecule has 1 aromatic heterocycles. The van der Waals surface area contributed by atoms with E-state index in [0.717, 1.165) is 16.1 Å². The van der Waals surface area contributed by atoms with Crippen LogP contribution >= 0.6 is 11.3 Å². The normalized spacial score (nSPS) is 14.2. The van der Waals surface area contributed by atoms with Crippen molar-refractivity contribution in [3.05, 3.63) is 65.2 Å². The van der Waals surface area contributed by atoms with Crippen LogP contribution in [0.25, 0.3) is 10.2 Å². The van der Waals surface area contributed by atoms with E-state index in [9.17, 15) is 5.11 Å². The van der Waals surface area contributed by atoms with Crippen molar-refractivity contribution in [2.45, 2.75) is 19.0 Å². The highest BCUT2D eigenvalue weighted by Crippen LogP contribution is 2.27. The van der Waals surface area contributed by atoms with E-state index in [-0.39, 0.29) is 18.7 Å². The number of hydrogen-bond acceptors (Lipinski definition) is 4. The van der Waals surface area contributed by atoms with E-state index in [4.69, 9.17) is 0 Å². The van der Waals surface area contributed by atoms with Gasteiger partial charge in [-0.2, -0.15) is 0 Å². The topological polar surface area (TPSA) is 45.1 Å². The number of aliphatic hydroxyl groups is 1. The van der Waals surface area contributed by atoms with Gasteiger partial charge in [-0.15, -0.1) is 11.3 Å². The van der Waals surface area contributed by atoms with Crippen LogP contribution in [-0.2, 0) is 0 Å². The summed E-state index contributed by atoms with van der Waals surface area (Å²) in [6.45, 7) is 2.16. The second kappa shape index (κ2) is 6.35. The molecule has 4 heteroatoms. The van der Waals surface area contributed by atoms with Gasteiger partial charge < -0.3 is 5.11 Å². The summed E-state index contributed by atoms with van der Waals surface area (Å²) in [7, 11) is 0. The zero-order valence-corrected chi connectivity index (χ0v) is 12.7. The van der Waals surface area contributed by atoms with E-state index in [1.54, 1.807) is 11.3 Å². The van der Waals surface area contributed by atoms with Gasteiger partial charge in [-0.05, 0) is 24.6 Å². The largest absolute Gasteiger partial charge is 0.394 e. The molecule has 0 saturated heterocycles. The summed E-state index contributed by atoms with van der Waals surface area (Å²) in [4.78, 5) is 4.67. The van der Waals surface area contributed by atoms with Crippen molar-refractivity contribution in [1.29, 1.82) is 0 Å². The molecule has 108 valence electrons. The minimum Gasteiger partial charge on any atom is -0.394 e. The lowest BCUT2D eigenvalue weighted by atomic mass is 10.1. The first-order chi connectivity index (χ1) is 10.3. The highest BCUT2D eigenvalue weighted by molar-refractivity contribution is 7.18. The van der Waals surface area contributed by atoms with Crippen molar-refractivity contribution in [2.75, 3.05) is 6.61 Å². The Bertz CT molecular complexity index is 678. The Labute approximate surface area is 128 Å². The number of para-hydroxylation sites is 1.